The summed E-state index contributed by atoms with van der Waals surface area (Å²) in [6.07, 6.45) is 14.2. The number of nitrogens with one attached hydrogen (secondary N) is 3. The Hall–Kier alpha value is -3.96. The lowest BCUT2D eigenvalue weighted by Gasteiger charge is -2.35. The van der Waals surface area contributed by atoms with Gasteiger partial charge in [0.15, 0.2) is 0 Å². The maximum Gasteiger partial charge on any atom is 0.329 e. The molecule has 50 heavy (non-hydrogen) atoms. The van der Waals surface area contributed by atoms with Gasteiger partial charge in [0, 0.05) is 6.54 Å². The van der Waals surface area contributed by atoms with Crippen LogP contribution in [0.1, 0.15) is 113 Å². The molecule has 0 aromatic carbocycles. The van der Waals surface area contributed by atoms with Crippen LogP contribution in [0.5, 0.6) is 0 Å². The lowest BCUT2D eigenvalue weighted by molar-refractivity contribution is -0.160. The molecule has 0 spiro atoms. The molecular weight excluding hydrogens is 638 g/mol. The van der Waals surface area contributed by atoms with E-state index in [4.69, 9.17) is 10.5 Å². The average Bonchev–Trinajstić information content (AvgIpc) is 3.60. The van der Waals surface area contributed by atoms with Crippen LogP contribution in [0.3, 0.4) is 0 Å². The fourth-order valence-electron chi connectivity index (χ4n) is 6.88. The van der Waals surface area contributed by atoms with E-state index in [0.29, 0.717) is 32.1 Å². The van der Waals surface area contributed by atoms with E-state index in [-0.39, 0.29) is 18.4 Å². The van der Waals surface area contributed by atoms with Crippen LogP contribution in [0.15, 0.2) is 35.5 Å². The number of ether oxygens (including phenoxy) is 1. The number of hydrogen-bond acceptors (Lipinski definition) is 7. The number of carbonyl (C=O) groups is 6. The summed E-state index contributed by atoms with van der Waals surface area (Å²) in [7, 11) is 0. The lowest BCUT2D eigenvalue weighted by Crippen LogP contribution is -2.60. The van der Waals surface area contributed by atoms with Gasteiger partial charge in [0.1, 0.15) is 23.7 Å². The molecule has 4 rings (SSSR count). The van der Waals surface area contributed by atoms with E-state index in [1.54, 1.807) is 20.8 Å². The van der Waals surface area contributed by atoms with Gasteiger partial charge in [-0.05, 0) is 87.7 Å². The summed E-state index contributed by atoms with van der Waals surface area (Å²) in [5.74, 6) is -3.56. The number of Topliss-reactive ketones (excluding diaryl/α,β-unsaturated/α-hetero) is 1. The molecule has 12 heteroatoms. The number of allylic oxidation sites excluding steroid dienone is 6. The molecule has 5 N–H and O–H groups in total. The molecule has 0 bridgehead atoms. The molecule has 5 amide bonds. The number of primary amides is 1. The predicted octanol–water partition coefficient (Wildman–Crippen LogP) is 4.38. The highest BCUT2D eigenvalue weighted by atomic mass is 16.6. The van der Waals surface area contributed by atoms with Gasteiger partial charge in [-0.2, -0.15) is 0 Å². The Morgan fingerprint density at radius 1 is 0.880 bits per heavy atom. The minimum atomic E-state index is -1.11. The zero-order valence-corrected chi connectivity index (χ0v) is 31.2. The third-order valence-electron chi connectivity index (χ3n) is 9.60. The monoisotopic (exact) mass is 697 g/mol. The first-order valence-corrected chi connectivity index (χ1v) is 18.2. The Labute approximate surface area is 297 Å². The summed E-state index contributed by atoms with van der Waals surface area (Å²) < 4.78 is 5.60. The van der Waals surface area contributed by atoms with E-state index in [2.05, 4.69) is 40.3 Å². The second-order valence-corrected chi connectivity index (χ2v) is 15.7. The van der Waals surface area contributed by atoms with Gasteiger partial charge < -0.3 is 31.3 Å². The number of ketones is 1. The van der Waals surface area contributed by atoms with Crippen LogP contribution in [0, 0.1) is 17.3 Å². The number of esters is 1. The molecule has 3 aliphatic carbocycles. The van der Waals surface area contributed by atoms with Gasteiger partial charge >= 0.3 is 12.0 Å². The third kappa shape index (κ3) is 10.8. The molecule has 1 aliphatic heterocycles. The van der Waals surface area contributed by atoms with E-state index in [1.165, 1.54) is 4.90 Å². The van der Waals surface area contributed by atoms with Crippen LogP contribution in [0.2, 0.25) is 0 Å². The number of rotatable bonds is 11. The van der Waals surface area contributed by atoms with Crippen molar-refractivity contribution in [2.75, 3.05) is 6.54 Å². The van der Waals surface area contributed by atoms with Crippen molar-refractivity contribution in [3.05, 3.63) is 35.5 Å². The molecular formula is C38H59N5O7. The number of carbonyl (C=O) groups excluding carboxylic acids is 6. The average molecular weight is 698 g/mol. The Morgan fingerprint density at radius 3 is 1.98 bits per heavy atom. The molecule has 2 fully saturated rings. The summed E-state index contributed by atoms with van der Waals surface area (Å²) in [6.45, 7) is 15.0. The number of hydrogen-bond donors (Lipinski definition) is 4. The first-order valence-electron chi connectivity index (χ1n) is 18.2. The molecule has 4 unspecified atom stereocenters. The molecule has 1 saturated carbocycles. The van der Waals surface area contributed by atoms with E-state index < -0.39 is 70.7 Å². The van der Waals surface area contributed by atoms with Gasteiger partial charge in [0.05, 0.1) is 6.04 Å². The van der Waals surface area contributed by atoms with Crippen LogP contribution in [-0.4, -0.2) is 76.7 Å². The fraction of sp³-hybridized carbons (Fsp3) is 0.684. The largest absolute Gasteiger partial charge is 0.458 e. The maximum absolute atomic E-state index is 14.4. The van der Waals surface area contributed by atoms with Gasteiger partial charge in [-0.3, -0.25) is 19.2 Å². The SMILES string of the molecule is CC.CC(C)(C)OC(=O)C(NC(=O)NC(C(=O)N1CCCC1C(=O)NC(CC1CCC1)C(=O)C(N)=O)C1CC2=C(C=CCC=C2)C1)C(C)(C)C. The zero-order valence-electron chi connectivity index (χ0n) is 31.2. The van der Waals surface area contributed by atoms with E-state index in [1.807, 2.05) is 34.6 Å². The molecule has 0 radical (unpaired) electrons. The van der Waals surface area contributed by atoms with Crippen LogP contribution in [0.4, 0.5) is 4.79 Å². The van der Waals surface area contributed by atoms with Crippen molar-refractivity contribution in [3.8, 4) is 0 Å². The van der Waals surface area contributed by atoms with Crippen LogP contribution in [-0.2, 0) is 28.7 Å². The van der Waals surface area contributed by atoms with Gasteiger partial charge in [-0.1, -0.05) is 78.2 Å². The Kier molecular flexibility index (Phi) is 14.0. The quantitative estimate of drug-likeness (QED) is 0.183. The maximum atomic E-state index is 14.4. The molecule has 0 aromatic rings. The number of likely N-dealkylation sites (tertiary alicyclic amines) is 1. The number of amides is 5. The van der Waals surface area contributed by atoms with E-state index in [0.717, 1.165) is 36.8 Å². The van der Waals surface area contributed by atoms with Crippen molar-refractivity contribution < 1.29 is 33.5 Å². The third-order valence-corrected chi connectivity index (χ3v) is 9.60. The van der Waals surface area contributed by atoms with Gasteiger partial charge in [-0.25, -0.2) is 9.59 Å². The van der Waals surface area contributed by atoms with Crippen molar-refractivity contribution in [1.29, 1.82) is 0 Å². The standard InChI is InChI=1S/C36H53N5O7.C2H6/c1-35(2,3)29(33(46)48-36(4,5)6)40-34(47)39-27(24-19-22-14-8-7-9-15-23(22)20-24)32(45)41-17-11-16-26(41)31(44)38-25(28(42)30(37)43)18-21-12-10-13-21;1-2/h8-9,14-15,21,24-27,29H,7,10-13,16-20H2,1-6H3,(H2,37,43)(H,38,44)(H2,39,40,47);1-2H3. The highest BCUT2D eigenvalue weighted by Gasteiger charge is 2.44. The minimum absolute atomic E-state index is 0.220. The van der Waals surface area contributed by atoms with Crippen molar-refractivity contribution in [1.82, 2.24) is 20.9 Å². The smallest absolute Gasteiger partial charge is 0.329 e. The van der Waals surface area contributed by atoms with Crippen molar-refractivity contribution in [2.24, 2.45) is 23.0 Å². The Morgan fingerprint density at radius 2 is 1.48 bits per heavy atom. The van der Waals surface area contributed by atoms with Gasteiger partial charge in [0.2, 0.25) is 17.6 Å². The van der Waals surface area contributed by atoms with Gasteiger partial charge in [-0.15, -0.1) is 0 Å². The topological polar surface area (TPSA) is 177 Å². The normalized spacial score (nSPS) is 21.0. The molecule has 278 valence electrons. The number of urea groups is 1. The zero-order chi connectivity index (χ0) is 37.4. The number of nitrogens with zero attached hydrogens (tertiary/aromatic N) is 1. The second kappa shape index (κ2) is 17.3. The molecule has 1 saturated heterocycles. The summed E-state index contributed by atoms with van der Waals surface area (Å²) in [5, 5.41) is 8.39. The Bertz CT molecular complexity index is 1360. The van der Waals surface area contributed by atoms with Gasteiger partial charge in [0.25, 0.3) is 5.91 Å². The molecule has 4 aliphatic rings. The van der Waals surface area contributed by atoms with Crippen molar-refractivity contribution >= 4 is 35.5 Å². The van der Waals surface area contributed by atoms with Crippen molar-refractivity contribution in [2.45, 2.75) is 143 Å². The highest BCUT2D eigenvalue weighted by molar-refractivity contribution is 6.37. The second-order valence-electron chi connectivity index (χ2n) is 15.7. The predicted molar refractivity (Wildman–Crippen MR) is 191 cm³/mol. The molecule has 12 nitrogen and oxygen atoms in total. The Balaban J connectivity index is 0.00000332. The number of nitrogens with two attached hydrogens (primary N) is 1. The highest BCUT2D eigenvalue weighted by Crippen LogP contribution is 2.38. The van der Waals surface area contributed by atoms with Crippen molar-refractivity contribution in [3.63, 3.8) is 0 Å². The minimum Gasteiger partial charge on any atom is -0.458 e. The fourth-order valence-corrected chi connectivity index (χ4v) is 6.88. The lowest BCUT2D eigenvalue weighted by atomic mass is 9.80. The summed E-state index contributed by atoms with van der Waals surface area (Å²) in [6, 6.07) is -4.64. The first-order chi connectivity index (χ1) is 23.4. The van der Waals surface area contributed by atoms with E-state index in [9.17, 15) is 28.8 Å². The van der Waals surface area contributed by atoms with E-state index >= 15 is 0 Å². The summed E-state index contributed by atoms with van der Waals surface area (Å²) in [4.78, 5) is 80.8. The molecule has 4 atom stereocenters. The molecule has 0 aromatic heterocycles. The molecule has 1 heterocycles. The van der Waals surface area contributed by atoms with Crippen LogP contribution in [0.25, 0.3) is 0 Å². The van der Waals surface area contributed by atoms with Crippen LogP contribution >= 0.6 is 0 Å². The summed E-state index contributed by atoms with van der Waals surface area (Å²) >= 11 is 0. The van der Waals surface area contributed by atoms with Crippen LogP contribution < -0.4 is 21.7 Å². The first kappa shape index (κ1) is 40.5. The summed E-state index contributed by atoms with van der Waals surface area (Å²) in [5.41, 5.74) is 6.03.